The molecule has 2 heterocycles. The van der Waals surface area contributed by atoms with Gasteiger partial charge in [0.1, 0.15) is 5.82 Å². The van der Waals surface area contributed by atoms with Gasteiger partial charge >= 0.3 is 0 Å². The molecule has 0 radical (unpaired) electrons. The average Bonchev–Trinajstić information content (AvgIpc) is 3.08. The Labute approximate surface area is 179 Å². The summed E-state index contributed by atoms with van der Waals surface area (Å²) in [4.78, 5) is 22.1. The van der Waals surface area contributed by atoms with E-state index in [1.165, 1.54) is 5.56 Å². The first kappa shape index (κ1) is 20.6. The van der Waals surface area contributed by atoms with E-state index in [0.717, 1.165) is 54.9 Å². The van der Waals surface area contributed by atoms with E-state index in [1.807, 2.05) is 49.2 Å². The van der Waals surface area contributed by atoms with E-state index in [-0.39, 0.29) is 5.91 Å². The lowest BCUT2D eigenvalue weighted by Crippen LogP contribution is -2.47. The van der Waals surface area contributed by atoms with E-state index in [2.05, 4.69) is 46.5 Å². The zero-order valence-corrected chi connectivity index (χ0v) is 18.5. The molecule has 4 rings (SSSR count). The number of benzene rings is 2. The number of carbonyl (C=O) groups excluding carboxylic acids is 1. The minimum Gasteiger partial charge on any atom is -0.339 e. The van der Waals surface area contributed by atoms with Crippen molar-refractivity contribution in [3.8, 4) is 0 Å². The van der Waals surface area contributed by atoms with Crippen molar-refractivity contribution >= 4 is 16.9 Å². The van der Waals surface area contributed by atoms with Crippen LogP contribution in [0.3, 0.4) is 0 Å². The highest BCUT2D eigenvalue weighted by atomic mass is 16.2. The van der Waals surface area contributed by atoms with Gasteiger partial charge in [0, 0.05) is 44.3 Å². The van der Waals surface area contributed by atoms with Crippen LogP contribution in [0.15, 0.2) is 48.5 Å². The Balaban J connectivity index is 1.43. The number of aromatic nitrogens is 2. The summed E-state index contributed by atoms with van der Waals surface area (Å²) < 4.78 is 2.22. The Morgan fingerprint density at radius 1 is 1.10 bits per heavy atom. The van der Waals surface area contributed by atoms with Crippen LogP contribution in [0.1, 0.15) is 48.4 Å². The largest absolute Gasteiger partial charge is 0.339 e. The van der Waals surface area contributed by atoms with Crippen LogP contribution in [0.5, 0.6) is 0 Å². The van der Waals surface area contributed by atoms with E-state index in [0.29, 0.717) is 12.1 Å². The number of hydrogen-bond donors (Lipinski definition) is 0. The van der Waals surface area contributed by atoms with Gasteiger partial charge in [-0.25, -0.2) is 4.98 Å². The van der Waals surface area contributed by atoms with Crippen molar-refractivity contribution in [1.29, 1.82) is 0 Å². The zero-order valence-electron chi connectivity index (χ0n) is 18.5. The number of carbonyl (C=O) groups is 1. The number of hydrogen-bond acceptors (Lipinski definition) is 3. The average molecular weight is 405 g/mol. The van der Waals surface area contributed by atoms with Gasteiger partial charge in [0.15, 0.2) is 0 Å². The lowest BCUT2D eigenvalue weighted by atomic mass is 10.0. The Bertz CT molecular complexity index is 1010. The number of amides is 1. The zero-order chi connectivity index (χ0) is 21.3. The maximum Gasteiger partial charge on any atom is 0.253 e. The summed E-state index contributed by atoms with van der Waals surface area (Å²) >= 11 is 0. The highest BCUT2D eigenvalue weighted by molar-refractivity contribution is 5.94. The van der Waals surface area contributed by atoms with Crippen LogP contribution in [0.2, 0.25) is 0 Å². The maximum atomic E-state index is 13.0. The molecule has 0 saturated carbocycles. The van der Waals surface area contributed by atoms with Crippen LogP contribution >= 0.6 is 0 Å². The van der Waals surface area contributed by atoms with E-state index in [9.17, 15) is 4.79 Å². The Kier molecular flexibility index (Phi) is 5.91. The molecule has 1 aliphatic heterocycles. The van der Waals surface area contributed by atoms with Crippen molar-refractivity contribution in [1.82, 2.24) is 19.4 Å². The predicted octanol–water partition coefficient (Wildman–Crippen LogP) is 4.34. The third-order valence-electron chi connectivity index (χ3n) is 6.48. The lowest BCUT2D eigenvalue weighted by Gasteiger charge is -2.38. The number of rotatable bonds is 5. The molecule has 5 heteroatoms. The van der Waals surface area contributed by atoms with Gasteiger partial charge in [-0.05, 0) is 63.4 Å². The second-order valence-corrected chi connectivity index (χ2v) is 8.71. The van der Waals surface area contributed by atoms with Crippen LogP contribution in [-0.2, 0) is 6.54 Å². The molecule has 1 amide bonds. The fraction of sp³-hybridized carbons (Fsp3) is 0.440. The minimum atomic E-state index is 0.119. The number of fused-ring (bicyclic) bond motifs is 1. The van der Waals surface area contributed by atoms with Gasteiger partial charge in [0.2, 0.25) is 0 Å². The molecule has 30 heavy (non-hydrogen) atoms. The van der Waals surface area contributed by atoms with Crippen molar-refractivity contribution in [2.24, 2.45) is 0 Å². The summed E-state index contributed by atoms with van der Waals surface area (Å²) in [5.41, 5.74) is 4.10. The van der Waals surface area contributed by atoms with Crippen LogP contribution in [0.4, 0.5) is 0 Å². The molecule has 3 aromatic rings. The topological polar surface area (TPSA) is 41.4 Å². The van der Waals surface area contributed by atoms with E-state index >= 15 is 0 Å². The molecule has 1 fully saturated rings. The smallest absolute Gasteiger partial charge is 0.253 e. The molecular formula is C25H32N4O. The molecule has 0 bridgehead atoms. The molecule has 2 aromatic carbocycles. The van der Waals surface area contributed by atoms with Gasteiger partial charge in [-0.2, -0.15) is 0 Å². The fourth-order valence-corrected chi connectivity index (χ4v) is 4.49. The van der Waals surface area contributed by atoms with E-state index in [1.54, 1.807) is 0 Å². The highest BCUT2D eigenvalue weighted by Crippen LogP contribution is 2.21. The van der Waals surface area contributed by atoms with Crippen molar-refractivity contribution < 1.29 is 4.79 Å². The highest BCUT2D eigenvalue weighted by Gasteiger charge is 2.26. The maximum absolute atomic E-state index is 13.0. The molecule has 1 aromatic heterocycles. The predicted molar refractivity (Wildman–Crippen MR) is 122 cm³/mol. The number of aryl methyl sites for hydroxylation is 1. The van der Waals surface area contributed by atoms with Crippen LogP contribution in [0, 0.1) is 6.92 Å². The number of likely N-dealkylation sites (tertiary alicyclic amines) is 1. The molecule has 5 nitrogen and oxygen atoms in total. The lowest BCUT2D eigenvalue weighted by molar-refractivity contribution is 0.0615. The summed E-state index contributed by atoms with van der Waals surface area (Å²) in [5, 5.41) is 0. The number of piperidine rings is 1. The molecule has 0 N–H and O–H groups in total. The summed E-state index contributed by atoms with van der Waals surface area (Å²) in [5.74, 6) is 1.12. The molecule has 0 atom stereocenters. The first-order valence-electron chi connectivity index (χ1n) is 11.0. The monoisotopic (exact) mass is 404 g/mol. The molecular weight excluding hydrogens is 372 g/mol. The first-order chi connectivity index (χ1) is 14.4. The molecule has 158 valence electrons. The van der Waals surface area contributed by atoms with Gasteiger partial charge in [-0.15, -0.1) is 0 Å². The Hall–Kier alpha value is -2.66. The molecule has 1 aliphatic rings. The summed E-state index contributed by atoms with van der Waals surface area (Å²) in [6.07, 6.45) is 2.09. The third kappa shape index (κ3) is 4.12. The van der Waals surface area contributed by atoms with Gasteiger partial charge < -0.3 is 14.4 Å². The van der Waals surface area contributed by atoms with Crippen molar-refractivity contribution in [3.63, 3.8) is 0 Å². The van der Waals surface area contributed by atoms with E-state index in [4.69, 9.17) is 0 Å². The van der Waals surface area contributed by atoms with Crippen LogP contribution < -0.4 is 0 Å². The minimum absolute atomic E-state index is 0.119. The van der Waals surface area contributed by atoms with Gasteiger partial charge in [-0.1, -0.05) is 24.3 Å². The van der Waals surface area contributed by atoms with Gasteiger partial charge in [0.25, 0.3) is 5.91 Å². The summed E-state index contributed by atoms with van der Waals surface area (Å²) in [7, 11) is 1.95. The molecule has 0 spiro atoms. The SMILES string of the molecule is Cc1nc2ccccc2n1Cc1ccc(C(=O)N(C)C2CCN(C(C)C)CC2)cc1. The normalized spacial score (nSPS) is 15.8. The fourth-order valence-electron chi connectivity index (χ4n) is 4.49. The van der Waals surface area contributed by atoms with Gasteiger partial charge in [-0.3, -0.25) is 4.79 Å². The first-order valence-corrected chi connectivity index (χ1v) is 11.0. The quantitative estimate of drug-likeness (QED) is 0.635. The van der Waals surface area contributed by atoms with Gasteiger partial charge in [0.05, 0.1) is 11.0 Å². The molecule has 1 saturated heterocycles. The Morgan fingerprint density at radius 2 is 1.77 bits per heavy atom. The number of para-hydroxylation sites is 2. The van der Waals surface area contributed by atoms with Crippen LogP contribution in [0.25, 0.3) is 11.0 Å². The summed E-state index contributed by atoms with van der Waals surface area (Å²) in [6, 6.07) is 17.2. The second-order valence-electron chi connectivity index (χ2n) is 8.71. The third-order valence-corrected chi connectivity index (χ3v) is 6.48. The van der Waals surface area contributed by atoms with E-state index < -0.39 is 0 Å². The second kappa shape index (κ2) is 8.60. The Morgan fingerprint density at radius 3 is 2.43 bits per heavy atom. The number of imidazole rings is 1. The standard InChI is InChI=1S/C25H32N4O/c1-18(2)28-15-13-22(14-16-28)27(4)25(30)21-11-9-20(10-12-21)17-29-19(3)26-23-7-5-6-8-24(23)29/h5-12,18,22H,13-17H2,1-4H3. The van der Waals surface area contributed by atoms with Crippen molar-refractivity contribution in [2.45, 2.75) is 52.2 Å². The van der Waals surface area contributed by atoms with Crippen molar-refractivity contribution in [3.05, 3.63) is 65.5 Å². The van der Waals surface area contributed by atoms with Crippen molar-refractivity contribution in [2.75, 3.05) is 20.1 Å². The van der Waals surface area contributed by atoms with Crippen LogP contribution in [-0.4, -0.2) is 57.5 Å². The molecule has 0 unspecified atom stereocenters. The molecule has 0 aliphatic carbocycles. The summed E-state index contributed by atoms with van der Waals surface area (Å²) in [6.45, 7) is 9.41. The number of nitrogens with zero attached hydrogens (tertiary/aromatic N) is 4.